The van der Waals surface area contributed by atoms with E-state index in [4.69, 9.17) is 0 Å². The Labute approximate surface area is 334 Å². The largest absolute Gasteiger partial charge is 0.309 e. The van der Waals surface area contributed by atoms with Crippen molar-refractivity contribution in [2.75, 3.05) is 4.90 Å². The van der Waals surface area contributed by atoms with Crippen molar-refractivity contribution >= 4 is 38.6 Å². The van der Waals surface area contributed by atoms with Crippen molar-refractivity contribution in [2.45, 2.75) is 0 Å². The minimum atomic E-state index is 1.08. The predicted octanol–water partition coefficient (Wildman–Crippen LogP) is 15.8. The van der Waals surface area contributed by atoms with Crippen LogP contribution in [0.2, 0.25) is 0 Å². The van der Waals surface area contributed by atoms with Crippen LogP contribution in [0, 0.1) is 0 Å². The Balaban J connectivity index is 1.25. The van der Waals surface area contributed by atoms with Gasteiger partial charge in [-0.05, 0) is 102 Å². The molecule has 0 atom stereocenters. The van der Waals surface area contributed by atoms with Crippen molar-refractivity contribution in [1.82, 2.24) is 0 Å². The predicted molar refractivity (Wildman–Crippen MR) is 243 cm³/mol. The maximum atomic E-state index is 2.47. The van der Waals surface area contributed by atoms with Crippen molar-refractivity contribution in [3.05, 3.63) is 237 Å². The summed E-state index contributed by atoms with van der Waals surface area (Å²) in [6, 6.07) is 85.8. The lowest BCUT2D eigenvalue weighted by Gasteiger charge is -2.31. The van der Waals surface area contributed by atoms with E-state index in [0.717, 1.165) is 33.8 Å². The molecule has 0 fully saturated rings. The van der Waals surface area contributed by atoms with Crippen LogP contribution in [-0.2, 0) is 0 Å². The molecule has 0 heterocycles. The van der Waals surface area contributed by atoms with Gasteiger partial charge in [-0.2, -0.15) is 0 Å². The summed E-state index contributed by atoms with van der Waals surface area (Å²) in [5.74, 6) is 0. The lowest BCUT2D eigenvalue weighted by Crippen LogP contribution is -2.13. The first-order valence-corrected chi connectivity index (χ1v) is 19.6. The summed E-state index contributed by atoms with van der Waals surface area (Å²) < 4.78 is 0. The van der Waals surface area contributed by atoms with E-state index in [1.54, 1.807) is 0 Å². The Bertz CT molecular complexity index is 3000. The van der Waals surface area contributed by atoms with Crippen LogP contribution < -0.4 is 4.90 Å². The van der Waals surface area contributed by atoms with E-state index in [2.05, 4.69) is 241 Å². The fraction of sp³-hybridized carbons (Fsp3) is 0. The number of benzene rings is 10. The van der Waals surface area contributed by atoms with Gasteiger partial charge in [0, 0.05) is 16.8 Å². The molecule has 0 aliphatic rings. The first kappa shape index (κ1) is 34.0. The second-order valence-electron chi connectivity index (χ2n) is 14.5. The molecule has 10 aromatic carbocycles. The smallest absolute Gasteiger partial charge is 0.0540 e. The van der Waals surface area contributed by atoms with Gasteiger partial charge in [-0.3, -0.25) is 0 Å². The van der Waals surface area contributed by atoms with Gasteiger partial charge in [0.1, 0.15) is 0 Å². The highest BCUT2D eigenvalue weighted by Crippen LogP contribution is 2.48. The normalized spacial score (nSPS) is 11.2. The van der Waals surface area contributed by atoms with Crippen LogP contribution in [0.5, 0.6) is 0 Å². The fourth-order valence-corrected chi connectivity index (χ4v) is 8.39. The lowest BCUT2D eigenvalue weighted by molar-refractivity contribution is 1.28. The number of anilines is 3. The fourth-order valence-electron chi connectivity index (χ4n) is 8.39. The first-order chi connectivity index (χ1) is 28.3. The summed E-state index contributed by atoms with van der Waals surface area (Å²) in [4.78, 5) is 2.47. The lowest BCUT2D eigenvalue weighted by atomic mass is 9.91. The molecule has 0 aliphatic heterocycles. The highest BCUT2D eigenvalue weighted by molar-refractivity contribution is 6.14. The van der Waals surface area contributed by atoms with Crippen LogP contribution in [0.25, 0.3) is 77.2 Å². The van der Waals surface area contributed by atoms with Gasteiger partial charge >= 0.3 is 0 Å². The molecular weight excluding hydrogens is 687 g/mol. The second-order valence-corrected chi connectivity index (χ2v) is 14.5. The minimum absolute atomic E-state index is 1.08. The molecule has 268 valence electrons. The van der Waals surface area contributed by atoms with Gasteiger partial charge in [-0.25, -0.2) is 0 Å². The highest BCUT2D eigenvalue weighted by atomic mass is 15.1. The molecule has 1 heteroatoms. The molecule has 1 nitrogen and oxygen atoms in total. The average Bonchev–Trinajstić information content (AvgIpc) is 3.30. The molecule has 0 saturated carbocycles. The SMILES string of the molecule is c1ccc(-c2ccc(N(c3cccc(-c4cc5ccccc5c5ccccc45)c3)c3ccccc3-c3ccccc3-c3ccccc3)c(-c3ccccc3)c2)cc1. The Morgan fingerprint density at radius 3 is 1.49 bits per heavy atom. The van der Waals surface area contributed by atoms with Crippen molar-refractivity contribution in [3.63, 3.8) is 0 Å². The molecule has 0 unspecified atom stereocenters. The van der Waals surface area contributed by atoms with E-state index in [0.29, 0.717) is 0 Å². The van der Waals surface area contributed by atoms with Gasteiger partial charge in [0.2, 0.25) is 0 Å². The van der Waals surface area contributed by atoms with E-state index < -0.39 is 0 Å². The number of para-hydroxylation sites is 1. The molecule has 0 bridgehead atoms. The number of fused-ring (bicyclic) bond motifs is 3. The molecule has 57 heavy (non-hydrogen) atoms. The van der Waals surface area contributed by atoms with Crippen LogP contribution in [0.1, 0.15) is 0 Å². The molecule has 10 rings (SSSR count). The molecule has 10 aromatic rings. The third-order valence-corrected chi connectivity index (χ3v) is 11.1. The Morgan fingerprint density at radius 1 is 0.228 bits per heavy atom. The van der Waals surface area contributed by atoms with Crippen LogP contribution in [0.15, 0.2) is 237 Å². The third kappa shape index (κ3) is 6.46. The third-order valence-electron chi connectivity index (χ3n) is 11.1. The zero-order chi connectivity index (χ0) is 38.0. The molecule has 0 saturated heterocycles. The summed E-state index contributed by atoms with van der Waals surface area (Å²) >= 11 is 0. The van der Waals surface area contributed by atoms with E-state index in [9.17, 15) is 0 Å². The number of nitrogens with zero attached hydrogens (tertiary/aromatic N) is 1. The van der Waals surface area contributed by atoms with Gasteiger partial charge in [0.05, 0.1) is 11.4 Å². The van der Waals surface area contributed by atoms with Gasteiger partial charge in [-0.1, -0.05) is 200 Å². The molecule has 0 amide bonds. The van der Waals surface area contributed by atoms with Crippen molar-refractivity contribution in [3.8, 4) is 55.6 Å². The standard InChI is InChI=1S/C56H39N/c1-4-19-40(20-5-1)43-35-36-56(54(38-43)42-23-8-3-9-24-42)57(55-34-17-16-33-52(55)50-31-13-12-28-47(50)41-21-6-2-7-22-41)46-27-18-26-44(37-46)53-39-45-25-10-11-29-48(45)49-30-14-15-32-51(49)53/h1-39H. The van der Waals surface area contributed by atoms with Gasteiger partial charge in [-0.15, -0.1) is 0 Å². The molecule has 0 radical (unpaired) electrons. The van der Waals surface area contributed by atoms with E-state index >= 15 is 0 Å². The van der Waals surface area contributed by atoms with Crippen molar-refractivity contribution in [2.24, 2.45) is 0 Å². The zero-order valence-electron chi connectivity index (χ0n) is 31.5. The van der Waals surface area contributed by atoms with E-state index in [1.165, 1.54) is 60.5 Å². The summed E-state index contributed by atoms with van der Waals surface area (Å²) in [5, 5.41) is 5.01. The van der Waals surface area contributed by atoms with Crippen molar-refractivity contribution < 1.29 is 0 Å². The Morgan fingerprint density at radius 2 is 0.754 bits per heavy atom. The van der Waals surface area contributed by atoms with Gasteiger partial charge in [0.15, 0.2) is 0 Å². The van der Waals surface area contributed by atoms with Crippen LogP contribution in [0.3, 0.4) is 0 Å². The Hall–Kier alpha value is -7.48. The molecular formula is C56H39N. The van der Waals surface area contributed by atoms with Gasteiger partial charge in [0.25, 0.3) is 0 Å². The number of rotatable bonds is 8. The highest BCUT2D eigenvalue weighted by Gasteiger charge is 2.23. The second kappa shape index (κ2) is 15.0. The summed E-state index contributed by atoms with van der Waals surface area (Å²) in [5.41, 5.74) is 15.1. The van der Waals surface area contributed by atoms with E-state index in [-0.39, 0.29) is 0 Å². The molecule has 0 aromatic heterocycles. The topological polar surface area (TPSA) is 3.24 Å². The monoisotopic (exact) mass is 725 g/mol. The number of hydrogen-bond acceptors (Lipinski definition) is 1. The molecule has 0 spiro atoms. The summed E-state index contributed by atoms with van der Waals surface area (Å²) in [6.07, 6.45) is 0. The van der Waals surface area contributed by atoms with Crippen molar-refractivity contribution in [1.29, 1.82) is 0 Å². The maximum Gasteiger partial charge on any atom is 0.0540 e. The first-order valence-electron chi connectivity index (χ1n) is 19.6. The zero-order valence-corrected chi connectivity index (χ0v) is 31.5. The average molecular weight is 726 g/mol. The van der Waals surface area contributed by atoms with Gasteiger partial charge < -0.3 is 4.90 Å². The molecule has 0 aliphatic carbocycles. The molecule has 0 N–H and O–H groups in total. The quantitative estimate of drug-likeness (QED) is 0.141. The Kier molecular flexibility index (Phi) is 8.95. The minimum Gasteiger partial charge on any atom is -0.309 e. The van der Waals surface area contributed by atoms with Crippen LogP contribution in [-0.4, -0.2) is 0 Å². The van der Waals surface area contributed by atoms with Crippen LogP contribution >= 0.6 is 0 Å². The maximum absolute atomic E-state index is 2.47. The van der Waals surface area contributed by atoms with E-state index in [1.807, 2.05) is 0 Å². The van der Waals surface area contributed by atoms with Crippen LogP contribution in [0.4, 0.5) is 17.1 Å². The summed E-state index contributed by atoms with van der Waals surface area (Å²) in [7, 11) is 0. The summed E-state index contributed by atoms with van der Waals surface area (Å²) in [6.45, 7) is 0. The number of hydrogen-bond donors (Lipinski definition) is 0.